The van der Waals surface area contributed by atoms with E-state index in [0.717, 1.165) is 16.8 Å². The number of nitrogens with one attached hydrogen (secondary N) is 2. The molecule has 0 saturated heterocycles. The number of carbonyl (C=O) groups is 2. The Morgan fingerprint density at radius 3 is 2.14 bits per heavy atom. The van der Waals surface area contributed by atoms with Gasteiger partial charge >= 0.3 is 0 Å². The van der Waals surface area contributed by atoms with Gasteiger partial charge in [-0.1, -0.05) is 24.3 Å². The summed E-state index contributed by atoms with van der Waals surface area (Å²) in [6, 6.07) is 14.1. The van der Waals surface area contributed by atoms with E-state index in [1.165, 1.54) is 0 Å². The molecule has 1 atom stereocenters. The van der Waals surface area contributed by atoms with Crippen LogP contribution in [-0.2, 0) is 4.79 Å². The van der Waals surface area contributed by atoms with Gasteiger partial charge in [-0.05, 0) is 56.2 Å². The molecule has 0 radical (unpaired) electrons. The van der Waals surface area contributed by atoms with Crippen LogP contribution in [-0.4, -0.2) is 17.9 Å². The van der Waals surface area contributed by atoms with Crippen LogP contribution >= 0.6 is 0 Å². The van der Waals surface area contributed by atoms with Crippen molar-refractivity contribution >= 4 is 17.5 Å². The average molecular weight is 296 g/mol. The fraction of sp³-hybridized carbons (Fsp3) is 0.222. The van der Waals surface area contributed by atoms with Gasteiger partial charge in [-0.2, -0.15) is 0 Å². The van der Waals surface area contributed by atoms with Crippen molar-refractivity contribution in [1.29, 1.82) is 0 Å². The highest BCUT2D eigenvalue weighted by Crippen LogP contribution is 2.14. The SMILES string of the molecule is Cc1cc(C)cc(NC(=O)[C@H](C)NC(=O)c2ccccc2)c1. The number of benzene rings is 2. The Hall–Kier alpha value is -2.62. The van der Waals surface area contributed by atoms with Crippen LogP contribution in [0.4, 0.5) is 5.69 Å². The van der Waals surface area contributed by atoms with Crippen LogP contribution in [0.5, 0.6) is 0 Å². The van der Waals surface area contributed by atoms with Crippen molar-refractivity contribution < 1.29 is 9.59 Å². The Bertz CT molecular complexity index is 660. The first kappa shape index (κ1) is 15.8. The fourth-order valence-corrected chi connectivity index (χ4v) is 2.23. The van der Waals surface area contributed by atoms with Gasteiger partial charge in [-0.3, -0.25) is 9.59 Å². The quantitative estimate of drug-likeness (QED) is 0.911. The summed E-state index contributed by atoms with van der Waals surface area (Å²) in [4.78, 5) is 24.2. The van der Waals surface area contributed by atoms with E-state index >= 15 is 0 Å². The van der Waals surface area contributed by atoms with Crippen LogP contribution < -0.4 is 10.6 Å². The maximum Gasteiger partial charge on any atom is 0.251 e. The van der Waals surface area contributed by atoms with Crippen LogP contribution in [0.3, 0.4) is 0 Å². The second-order valence-electron chi connectivity index (χ2n) is 5.43. The topological polar surface area (TPSA) is 58.2 Å². The van der Waals surface area contributed by atoms with E-state index in [9.17, 15) is 9.59 Å². The van der Waals surface area contributed by atoms with Gasteiger partial charge in [0.05, 0.1) is 0 Å². The summed E-state index contributed by atoms with van der Waals surface area (Å²) < 4.78 is 0. The molecule has 0 heterocycles. The van der Waals surface area contributed by atoms with Crippen molar-refractivity contribution in [1.82, 2.24) is 5.32 Å². The van der Waals surface area contributed by atoms with E-state index in [0.29, 0.717) is 5.56 Å². The van der Waals surface area contributed by atoms with E-state index < -0.39 is 6.04 Å². The number of hydrogen-bond donors (Lipinski definition) is 2. The summed E-state index contributed by atoms with van der Waals surface area (Å²) in [7, 11) is 0. The second-order valence-corrected chi connectivity index (χ2v) is 5.43. The molecular weight excluding hydrogens is 276 g/mol. The van der Waals surface area contributed by atoms with E-state index in [2.05, 4.69) is 10.6 Å². The van der Waals surface area contributed by atoms with Gasteiger partial charge in [0.1, 0.15) is 6.04 Å². The van der Waals surface area contributed by atoms with Gasteiger partial charge in [0, 0.05) is 11.3 Å². The molecule has 2 aromatic rings. The molecule has 0 fully saturated rings. The number of aryl methyl sites for hydroxylation is 2. The van der Waals surface area contributed by atoms with Crippen LogP contribution in [0.15, 0.2) is 48.5 Å². The predicted molar refractivity (Wildman–Crippen MR) is 87.9 cm³/mol. The van der Waals surface area contributed by atoms with Crippen molar-refractivity contribution in [3.8, 4) is 0 Å². The molecule has 0 spiro atoms. The van der Waals surface area contributed by atoms with Crippen molar-refractivity contribution in [3.63, 3.8) is 0 Å². The lowest BCUT2D eigenvalue weighted by Gasteiger charge is -2.15. The molecular formula is C18H20N2O2. The maximum atomic E-state index is 12.2. The Balaban J connectivity index is 1.99. The molecule has 0 aliphatic heterocycles. The minimum Gasteiger partial charge on any atom is -0.341 e. The summed E-state index contributed by atoms with van der Waals surface area (Å²) >= 11 is 0. The molecule has 2 amide bonds. The molecule has 0 unspecified atom stereocenters. The van der Waals surface area contributed by atoms with Crippen molar-refractivity contribution in [2.45, 2.75) is 26.8 Å². The molecule has 4 heteroatoms. The standard InChI is InChI=1S/C18H20N2O2/c1-12-9-13(2)11-16(10-12)20-17(21)14(3)19-18(22)15-7-5-4-6-8-15/h4-11,14H,1-3H3,(H,19,22)(H,20,21)/t14-/m0/s1. The molecule has 0 aromatic heterocycles. The summed E-state index contributed by atoms with van der Waals surface area (Å²) in [5.74, 6) is -0.502. The molecule has 0 aliphatic rings. The van der Waals surface area contributed by atoms with Crippen LogP contribution in [0.25, 0.3) is 0 Å². The Kier molecular flexibility index (Phi) is 4.94. The van der Waals surface area contributed by atoms with Gasteiger partial charge in [0.25, 0.3) is 5.91 Å². The minimum absolute atomic E-state index is 0.241. The number of hydrogen-bond acceptors (Lipinski definition) is 2. The largest absolute Gasteiger partial charge is 0.341 e. The molecule has 0 aliphatic carbocycles. The lowest BCUT2D eigenvalue weighted by Crippen LogP contribution is -2.41. The first-order valence-electron chi connectivity index (χ1n) is 7.21. The van der Waals surface area contributed by atoms with Gasteiger partial charge in [-0.15, -0.1) is 0 Å². The highest BCUT2D eigenvalue weighted by molar-refractivity contribution is 6.00. The molecule has 114 valence electrons. The third-order valence-electron chi connectivity index (χ3n) is 3.27. The zero-order valence-electron chi connectivity index (χ0n) is 13.0. The van der Waals surface area contributed by atoms with Gasteiger partial charge in [0.2, 0.25) is 5.91 Å². The smallest absolute Gasteiger partial charge is 0.251 e. The highest BCUT2D eigenvalue weighted by atomic mass is 16.2. The van der Waals surface area contributed by atoms with E-state index in [-0.39, 0.29) is 11.8 Å². The van der Waals surface area contributed by atoms with Crippen molar-refractivity contribution in [3.05, 3.63) is 65.2 Å². The number of anilines is 1. The fourth-order valence-electron chi connectivity index (χ4n) is 2.23. The normalized spacial score (nSPS) is 11.6. The molecule has 2 N–H and O–H groups in total. The first-order valence-corrected chi connectivity index (χ1v) is 7.21. The Morgan fingerprint density at radius 2 is 1.55 bits per heavy atom. The van der Waals surface area contributed by atoms with E-state index in [4.69, 9.17) is 0 Å². The molecule has 2 aromatic carbocycles. The lowest BCUT2D eigenvalue weighted by molar-refractivity contribution is -0.117. The molecule has 0 saturated carbocycles. The number of rotatable bonds is 4. The minimum atomic E-state index is -0.617. The monoisotopic (exact) mass is 296 g/mol. The summed E-state index contributed by atoms with van der Waals surface area (Å²) in [5.41, 5.74) is 3.43. The van der Waals surface area contributed by atoms with E-state index in [1.807, 2.05) is 38.1 Å². The highest BCUT2D eigenvalue weighted by Gasteiger charge is 2.16. The molecule has 0 bridgehead atoms. The summed E-state index contributed by atoms with van der Waals surface area (Å²) in [6.45, 7) is 5.62. The first-order chi connectivity index (χ1) is 10.5. The van der Waals surface area contributed by atoms with E-state index in [1.54, 1.807) is 31.2 Å². The lowest BCUT2D eigenvalue weighted by atomic mass is 10.1. The summed E-state index contributed by atoms with van der Waals surface area (Å²) in [6.07, 6.45) is 0. The van der Waals surface area contributed by atoms with Gasteiger partial charge < -0.3 is 10.6 Å². The average Bonchev–Trinajstić information content (AvgIpc) is 2.46. The van der Waals surface area contributed by atoms with Gasteiger partial charge in [0.15, 0.2) is 0 Å². The van der Waals surface area contributed by atoms with Crippen molar-refractivity contribution in [2.24, 2.45) is 0 Å². The zero-order valence-corrected chi connectivity index (χ0v) is 13.0. The Morgan fingerprint density at radius 1 is 0.955 bits per heavy atom. The maximum absolute atomic E-state index is 12.2. The molecule has 2 rings (SSSR count). The molecule has 4 nitrogen and oxygen atoms in total. The van der Waals surface area contributed by atoms with Gasteiger partial charge in [-0.25, -0.2) is 0 Å². The van der Waals surface area contributed by atoms with Crippen LogP contribution in [0.1, 0.15) is 28.4 Å². The second kappa shape index (κ2) is 6.89. The van der Waals surface area contributed by atoms with Crippen LogP contribution in [0.2, 0.25) is 0 Å². The predicted octanol–water partition coefficient (Wildman–Crippen LogP) is 3.06. The van der Waals surface area contributed by atoms with Crippen LogP contribution in [0, 0.1) is 13.8 Å². The number of amides is 2. The molecule has 22 heavy (non-hydrogen) atoms. The Labute approximate surface area is 130 Å². The summed E-state index contributed by atoms with van der Waals surface area (Å²) in [5, 5.41) is 5.52. The third-order valence-corrected chi connectivity index (χ3v) is 3.27. The zero-order chi connectivity index (χ0) is 16.1. The van der Waals surface area contributed by atoms with Crippen molar-refractivity contribution in [2.75, 3.05) is 5.32 Å². The number of carbonyl (C=O) groups excluding carboxylic acids is 2. The third kappa shape index (κ3) is 4.19.